The van der Waals surface area contributed by atoms with E-state index >= 15 is 0 Å². The molecule has 78 valence electrons. The molecule has 1 aromatic carbocycles. The predicted octanol–water partition coefficient (Wildman–Crippen LogP) is 2.69. The third-order valence-electron chi connectivity index (χ3n) is 2.22. The Labute approximate surface area is 93.7 Å². The highest BCUT2D eigenvalue weighted by atomic mass is 35.5. The van der Waals surface area contributed by atoms with Gasteiger partial charge in [-0.3, -0.25) is 4.68 Å². The zero-order valence-corrected chi connectivity index (χ0v) is 9.20. The molecule has 0 radical (unpaired) electrons. The average Bonchev–Trinajstić information content (AvgIpc) is 2.61. The van der Waals surface area contributed by atoms with E-state index in [1.165, 1.54) is 0 Å². The summed E-state index contributed by atoms with van der Waals surface area (Å²) in [5.74, 6) is 0. The molecule has 3 nitrogen and oxygen atoms in total. The van der Waals surface area contributed by atoms with Crippen molar-refractivity contribution in [2.75, 3.05) is 5.32 Å². The van der Waals surface area contributed by atoms with Crippen LogP contribution in [-0.2, 0) is 13.6 Å². The molecule has 2 aromatic rings. The summed E-state index contributed by atoms with van der Waals surface area (Å²) in [5.41, 5.74) is 2.15. The van der Waals surface area contributed by atoms with Gasteiger partial charge in [0.1, 0.15) is 0 Å². The lowest BCUT2D eigenvalue weighted by molar-refractivity contribution is 0.720. The maximum absolute atomic E-state index is 5.88. The zero-order chi connectivity index (χ0) is 10.7. The second kappa shape index (κ2) is 4.36. The highest BCUT2D eigenvalue weighted by Crippen LogP contribution is 2.15. The summed E-state index contributed by atoms with van der Waals surface area (Å²) in [6.07, 6.45) is 1.79. The molecule has 0 fully saturated rings. The monoisotopic (exact) mass is 221 g/mol. The van der Waals surface area contributed by atoms with E-state index < -0.39 is 0 Å². The van der Waals surface area contributed by atoms with E-state index in [0.29, 0.717) is 0 Å². The Kier molecular flexibility index (Phi) is 2.92. The summed E-state index contributed by atoms with van der Waals surface area (Å²) in [5, 5.41) is 8.12. The topological polar surface area (TPSA) is 29.9 Å². The number of benzene rings is 1. The number of aryl methyl sites for hydroxylation is 1. The minimum atomic E-state index is 0.741. The first-order valence-electron chi connectivity index (χ1n) is 4.72. The smallest absolute Gasteiger partial charge is 0.0571 e. The van der Waals surface area contributed by atoms with Gasteiger partial charge in [-0.1, -0.05) is 17.7 Å². The van der Waals surface area contributed by atoms with Gasteiger partial charge in [0.15, 0.2) is 0 Å². The molecule has 0 amide bonds. The van der Waals surface area contributed by atoms with Crippen LogP contribution in [0.15, 0.2) is 36.5 Å². The normalized spacial score (nSPS) is 10.3. The van der Waals surface area contributed by atoms with Crippen molar-refractivity contribution in [2.24, 2.45) is 7.05 Å². The largest absolute Gasteiger partial charge is 0.379 e. The van der Waals surface area contributed by atoms with Crippen LogP contribution in [0, 0.1) is 0 Å². The molecule has 0 aliphatic heterocycles. The summed E-state index contributed by atoms with van der Waals surface area (Å²) < 4.78 is 1.84. The minimum absolute atomic E-state index is 0.741. The van der Waals surface area contributed by atoms with Crippen molar-refractivity contribution >= 4 is 17.3 Å². The summed E-state index contributed by atoms with van der Waals surface area (Å²) in [6.45, 7) is 0.747. The van der Waals surface area contributed by atoms with Crippen LogP contribution in [-0.4, -0.2) is 9.78 Å². The van der Waals surface area contributed by atoms with E-state index in [2.05, 4.69) is 10.4 Å². The fourth-order valence-corrected chi connectivity index (χ4v) is 1.56. The van der Waals surface area contributed by atoms with E-state index in [1.807, 2.05) is 42.1 Å². The van der Waals surface area contributed by atoms with Crippen LogP contribution in [0.2, 0.25) is 5.02 Å². The molecule has 0 aliphatic carbocycles. The molecule has 0 unspecified atom stereocenters. The molecule has 0 saturated heterocycles. The van der Waals surface area contributed by atoms with Crippen molar-refractivity contribution in [3.8, 4) is 0 Å². The van der Waals surface area contributed by atoms with Crippen molar-refractivity contribution in [3.63, 3.8) is 0 Å². The standard InChI is InChI=1S/C11H12ClN3/c1-15-11(5-6-14-15)8-13-10-4-2-3-9(12)7-10/h2-7,13H,8H2,1H3. The number of aromatic nitrogens is 2. The van der Waals surface area contributed by atoms with Gasteiger partial charge in [-0.2, -0.15) is 5.10 Å². The van der Waals surface area contributed by atoms with Gasteiger partial charge in [-0.25, -0.2) is 0 Å². The molecule has 0 spiro atoms. The molecule has 4 heteroatoms. The molecule has 0 saturated carbocycles. The third kappa shape index (κ3) is 2.50. The number of hydrogen-bond donors (Lipinski definition) is 1. The van der Waals surface area contributed by atoms with E-state index in [4.69, 9.17) is 11.6 Å². The first-order chi connectivity index (χ1) is 7.25. The zero-order valence-electron chi connectivity index (χ0n) is 8.44. The molecule has 0 bridgehead atoms. The van der Waals surface area contributed by atoms with Gasteiger partial charge in [0.25, 0.3) is 0 Å². The summed E-state index contributed by atoms with van der Waals surface area (Å²) in [7, 11) is 1.93. The highest BCUT2D eigenvalue weighted by molar-refractivity contribution is 6.30. The quantitative estimate of drug-likeness (QED) is 0.864. The number of rotatable bonds is 3. The Morgan fingerprint density at radius 3 is 2.93 bits per heavy atom. The van der Waals surface area contributed by atoms with Crippen LogP contribution in [0.1, 0.15) is 5.69 Å². The first kappa shape index (κ1) is 10.1. The van der Waals surface area contributed by atoms with Crippen molar-refractivity contribution in [3.05, 3.63) is 47.2 Å². The van der Waals surface area contributed by atoms with Crippen molar-refractivity contribution < 1.29 is 0 Å². The molecule has 1 heterocycles. The van der Waals surface area contributed by atoms with Crippen molar-refractivity contribution in [1.29, 1.82) is 0 Å². The lowest BCUT2D eigenvalue weighted by atomic mass is 10.3. The average molecular weight is 222 g/mol. The second-order valence-electron chi connectivity index (χ2n) is 3.31. The summed E-state index contributed by atoms with van der Waals surface area (Å²) >= 11 is 5.88. The summed E-state index contributed by atoms with van der Waals surface area (Å²) in [4.78, 5) is 0. The highest BCUT2D eigenvalue weighted by Gasteiger charge is 1.98. The lowest BCUT2D eigenvalue weighted by Crippen LogP contribution is -2.05. The Bertz CT molecular complexity index is 451. The maximum Gasteiger partial charge on any atom is 0.0571 e. The molecule has 1 aromatic heterocycles. The van der Waals surface area contributed by atoms with Crippen LogP contribution < -0.4 is 5.32 Å². The predicted molar refractivity (Wildman–Crippen MR) is 62.0 cm³/mol. The third-order valence-corrected chi connectivity index (χ3v) is 2.46. The van der Waals surface area contributed by atoms with Crippen molar-refractivity contribution in [1.82, 2.24) is 9.78 Å². The van der Waals surface area contributed by atoms with Gasteiger partial charge in [-0.15, -0.1) is 0 Å². The second-order valence-corrected chi connectivity index (χ2v) is 3.75. The number of anilines is 1. The number of hydrogen-bond acceptors (Lipinski definition) is 2. The lowest BCUT2D eigenvalue weighted by Gasteiger charge is -2.06. The molecular weight excluding hydrogens is 210 g/mol. The SMILES string of the molecule is Cn1nccc1CNc1cccc(Cl)c1. The van der Waals surface area contributed by atoms with Crippen LogP contribution in [0.4, 0.5) is 5.69 Å². The number of halogens is 1. The van der Waals surface area contributed by atoms with E-state index in [-0.39, 0.29) is 0 Å². The Hall–Kier alpha value is -1.48. The maximum atomic E-state index is 5.88. The van der Waals surface area contributed by atoms with Crippen LogP contribution in [0.25, 0.3) is 0 Å². The van der Waals surface area contributed by atoms with E-state index in [9.17, 15) is 0 Å². The first-order valence-corrected chi connectivity index (χ1v) is 5.10. The van der Waals surface area contributed by atoms with Crippen molar-refractivity contribution in [2.45, 2.75) is 6.54 Å². The van der Waals surface area contributed by atoms with Gasteiger partial charge in [0.2, 0.25) is 0 Å². The number of nitrogens with one attached hydrogen (secondary N) is 1. The van der Waals surface area contributed by atoms with Gasteiger partial charge >= 0.3 is 0 Å². The molecular formula is C11H12ClN3. The Morgan fingerprint density at radius 2 is 2.27 bits per heavy atom. The molecule has 0 atom stereocenters. The van der Waals surface area contributed by atoms with Gasteiger partial charge in [0.05, 0.1) is 12.2 Å². The van der Waals surface area contributed by atoms with Gasteiger partial charge < -0.3 is 5.32 Å². The van der Waals surface area contributed by atoms with Crippen LogP contribution >= 0.6 is 11.6 Å². The molecule has 2 rings (SSSR count). The Balaban J connectivity index is 2.02. The summed E-state index contributed by atoms with van der Waals surface area (Å²) in [6, 6.07) is 9.66. The Morgan fingerprint density at radius 1 is 1.40 bits per heavy atom. The molecule has 1 N–H and O–H groups in total. The number of nitrogens with zero attached hydrogens (tertiary/aromatic N) is 2. The fraction of sp³-hybridized carbons (Fsp3) is 0.182. The van der Waals surface area contributed by atoms with Crippen LogP contribution in [0.5, 0.6) is 0 Å². The fourth-order valence-electron chi connectivity index (χ4n) is 1.37. The molecule has 0 aliphatic rings. The van der Waals surface area contributed by atoms with Gasteiger partial charge in [0, 0.05) is 24.0 Å². The molecule has 15 heavy (non-hydrogen) atoms. The van der Waals surface area contributed by atoms with Crippen LogP contribution in [0.3, 0.4) is 0 Å². The van der Waals surface area contributed by atoms with Gasteiger partial charge in [-0.05, 0) is 24.3 Å². The van der Waals surface area contributed by atoms with E-state index in [1.54, 1.807) is 6.20 Å². The minimum Gasteiger partial charge on any atom is -0.379 e. The van der Waals surface area contributed by atoms with E-state index in [0.717, 1.165) is 22.9 Å².